The molecule has 24 heavy (non-hydrogen) atoms. The summed E-state index contributed by atoms with van der Waals surface area (Å²) in [4.78, 5) is 14.5. The van der Waals surface area contributed by atoms with E-state index in [4.69, 9.17) is 5.11 Å². The molecule has 0 spiro atoms. The van der Waals surface area contributed by atoms with Crippen LogP contribution in [0.15, 0.2) is 71.1 Å². The number of hydrazone groups is 1. The number of aliphatic hydroxyl groups is 2. The van der Waals surface area contributed by atoms with Crippen LogP contribution in [0.25, 0.3) is 0 Å². The van der Waals surface area contributed by atoms with E-state index in [0.29, 0.717) is 17.8 Å². The molecule has 6 heteroatoms. The molecule has 124 valence electrons. The first-order valence-corrected chi connectivity index (χ1v) is 7.70. The van der Waals surface area contributed by atoms with E-state index in [-0.39, 0.29) is 12.5 Å². The van der Waals surface area contributed by atoms with Gasteiger partial charge in [0.1, 0.15) is 0 Å². The Hall–Kier alpha value is -2.70. The number of carbonyl (C=O) groups is 1. The summed E-state index contributed by atoms with van der Waals surface area (Å²) in [5, 5.41) is 24.1. The molecule has 2 aliphatic heterocycles. The number of hydrogen-bond donors (Lipinski definition) is 2. The van der Waals surface area contributed by atoms with Gasteiger partial charge in [-0.3, -0.25) is 4.79 Å². The van der Waals surface area contributed by atoms with Gasteiger partial charge in [0, 0.05) is 12.4 Å². The molecule has 0 bridgehead atoms. The Balaban J connectivity index is 1.82. The van der Waals surface area contributed by atoms with Gasteiger partial charge in [-0.25, -0.2) is 0 Å². The highest BCUT2D eigenvalue weighted by atomic mass is 16.3. The summed E-state index contributed by atoms with van der Waals surface area (Å²) in [6.45, 7) is 1.82. The molecule has 1 amide bonds. The molecule has 1 unspecified atom stereocenters. The van der Waals surface area contributed by atoms with Gasteiger partial charge in [-0.2, -0.15) is 10.1 Å². The van der Waals surface area contributed by atoms with Gasteiger partial charge in [-0.1, -0.05) is 18.2 Å². The molecule has 6 nitrogen and oxygen atoms in total. The van der Waals surface area contributed by atoms with E-state index in [2.05, 4.69) is 5.10 Å². The van der Waals surface area contributed by atoms with Crippen LogP contribution < -0.4 is 5.01 Å². The number of amides is 1. The quantitative estimate of drug-likeness (QED) is 0.821. The van der Waals surface area contributed by atoms with E-state index in [1.165, 1.54) is 5.01 Å². The maximum atomic E-state index is 12.7. The third kappa shape index (κ3) is 3.15. The number of nitrogens with zero attached hydrogens (tertiary/aromatic N) is 3. The standard InChI is InChI=1S/C18H19N3O3/c1-13-17(14-7-9-20(10-8-14)11-16(23)12-22)18(24)21(19-13)15-5-3-2-4-6-15/h2-10,16,22-23H,11-12H2,1H3. The van der Waals surface area contributed by atoms with Crippen molar-refractivity contribution in [3.8, 4) is 0 Å². The fraction of sp³-hybridized carbons (Fsp3) is 0.222. The molecule has 0 saturated heterocycles. The predicted molar refractivity (Wildman–Crippen MR) is 92.1 cm³/mol. The molecule has 2 heterocycles. The van der Waals surface area contributed by atoms with E-state index in [1.807, 2.05) is 49.4 Å². The second kappa shape index (κ2) is 6.82. The number of anilines is 1. The summed E-state index contributed by atoms with van der Waals surface area (Å²) in [7, 11) is 0. The highest BCUT2D eigenvalue weighted by Crippen LogP contribution is 2.27. The second-order valence-electron chi connectivity index (χ2n) is 5.63. The van der Waals surface area contributed by atoms with Gasteiger partial charge in [-0.15, -0.1) is 0 Å². The SMILES string of the molecule is CC1=NN(c2ccccc2)C(=O)C1=C1C=CN(CC(O)CO)C=C1. The maximum absolute atomic E-state index is 12.7. The van der Waals surface area contributed by atoms with Crippen molar-refractivity contribution in [3.05, 3.63) is 66.0 Å². The predicted octanol–water partition coefficient (Wildman–Crippen LogP) is 1.40. The van der Waals surface area contributed by atoms with Gasteiger partial charge < -0.3 is 15.1 Å². The van der Waals surface area contributed by atoms with Crippen molar-refractivity contribution in [2.24, 2.45) is 5.10 Å². The summed E-state index contributed by atoms with van der Waals surface area (Å²) in [6.07, 6.45) is 6.36. The fourth-order valence-electron chi connectivity index (χ4n) is 2.63. The van der Waals surface area contributed by atoms with Crippen molar-refractivity contribution < 1.29 is 15.0 Å². The zero-order valence-corrected chi connectivity index (χ0v) is 13.3. The number of hydrogen-bond acceptors (Lipinski definition) is 5. The topological polar surface area (TPSA) is 76.4 Å². The normalized spacial score (nSPS) is 18.5. The minimum atomic E-state index is -0.807. The number of rotatable bonds is 4. The van der Waals surface area contributed by atoms with Gasteiger partial charge in [0.15, 0.2) is 0 Å². The van der Waals surface area contributed by atoms with Crippen molar-refractivity contribution in [2.75, 3.05) is 18.2 Å². The first-order chi connectivity index (χ1) is 11.6. The minimum Gasteiger partial charge on any atom is -0.394 e. The zero-order valence-electron chi connectivity index (χ0n) is 13.3. The van der Waals surface area contributed by atoms with Gasteiger partial charge >= 0.3 is 0 Å². The molecule has 0 radical (unpaired) electrons. The molecule has 0 aromatic heterocycles. The Kier molecular flexibility index (Phi) is 4.59. The van der Waals surface area contributed by atoms with Gasteiger partial charge in [-0.05, 0) is 36.8 Å². The molecule has 1 atom stereocenters. The molecule has 0 fully saturated rings. The highest BCUT2D eigenvalue weighted by Gasteiger charge is 2.30. The van der Waals surface area contributed by atoms with Crippen LogP contribution in [-0.4, -0.2) is 46.0 Å². The van der Waals surface area contributed by atoms with Crippen molar-refractivity contribution >= 4 is 17.3 Å². The third-order valence-electron chi connectivity index (χ3n) is 3.83. The lowest BCUT2D eigenvalue weighted by atomic mass is 10.0. The molecular formula is C18H19N3O3. The first-order valence-electron chi connectivity index (χ1n) is 7.70. The van der Waals surface area contributed by atoms with E-state index in [0.717, 1.165) is 11.3 Å². The summed E-state index contributed by atoms with van der Waals surface area (Å²) in [5.41, 5.74) is 2.73. The van der Waals surface area contributed by atoms with Gasteiger partial charge in [0.2, 0.25) is 0 Å². The van der Waals surface area contributed by atoms with Gasteiger partial charge in [0.05, 0.1) is 36.2 Å². The Labute approximate surface area is 140 Å². The van der Waals surface area contributed by atoms with Crippen LogP contribution in [0.2, 0.25) is 0 Å². The minimum absolute atomic E-state index is 0.160. The lowest BCUT2D eigenvalue weighted by Crippen LogP contribution is -2.28. The summed E-state index contributed by atoms with van der Waals surface area (Å²) in [5.74, 6) is -0.160. The number of β-amino-alcohol motifs (C(OH)–C–C–N with tert-alkyl or cyclic N) is 1. The van der Waals surface area contributed by atoms with Crippen LogP contribution in [0, 0.1) is 0 Å². The van der Waals surface area contributed by atoms with Crippen LogP contribution in [-0.2, 0) is 4.79 Å². The van der Waals surface area contributed by atoms with Crippen molar-refractivity contribution in [3.63, 3.8) is 0 Å². The highest BCUT2D eigenvalue weighted by molar-refractivity contribution is 6.30. The Bertz CT molecular complexity index is 734. The third-order valence-corrected chi connectivity index (χ3v) is 3.83. The number of aliphatic hydroxyl groups excluding tert-OH is 2. The van der Waals surface area contributed by atoms with Crippen LogP contribution >= 0.6 is 0 Å². The van der Waals surface area contributed by atoms with Gasteiger partial charge in [0.25, 0.3) is 5.91 Å². The Morgan fingerprint density at radius 1 is 1.17 bits per heavy atom. The van der Waals surface area contributed by atoms with Crippen LogP contribution in [0.1, 0.15) is 6.92 Å². The zero-order chi connectivity index (χ0) is 17.1. The average molecular weight is 325 g/mol. The van der Waals surface area contributed by atoms with E-state index < -0.39 is 6.10 Å². The molecule has 1 aromatic carbocycles. The maximum Gasteiger partial charge on any atom is 0.281 e. The molecule has 0 saturated carbocycles. The molecule has 2 aliphatic rings. The van der Waals surface area contributed by atoms with E-state index in [9.17, 15) is 9.90 Å². The number of allylic oxidation sites excluding steroid dienone is 3. The van der Waals surface area contributed by atoms with Crippen molar-refractivity contribution in [2.45, 2.75) is 13.0 Å². The lowest BCUT2D eigenvalue weighted by Gasteiger charge is -2.21. The molecule has 3 rings (SSSR count). The Morgan fingerprint density at radius 2 is 1.83 bits per heavy atom. The average Bonchev–Trinajstić information content (AvgIpc) is 2.91. The smallest absolute Gasteiger partial charge is 0.281 e. The summed E-state index contributed by atoms with van der Waals surface area (Å²) >= 11 is 0. The number of carbonyl (C=O) groups excluding carboxylic acids is 1. The van der Waals surface area contributed by atoms with E-state index in [1.54, 1.807) is 17.3 Å². The molecule has 2 N–H and O–H groups in total. The molecular weight excluding hydrogens is 306 g/mol. The van der Waals surface area contributed by atoms with Crippen LogP contribution in [0.4, 0.5) is 5.69 Å². The largest absolute Gasteiger partial charge is 0.394 e. The van der Waals surface area contributed by atoms with E-state index >= 15 is 0 Å². The fourth-order valence-corrected chi connectivity index (χ4v) is 2.63. The summed E-state index contributed by atoms with van der Waals surface area (Å²) in [6, 6.07) is 9.30. The first kappa shape index (κ1) is 16.2. The monoisotopic (exact) mass is 325 g/mol. The van der Waals surface area contributed by atoms with Crippen LogP contribution in [0.3, 0.4) is 0 Å². The van der Waals surface area contributed by atoms with Crippen molar-refractivity contribution in [1.82, 2.24) is 4.90 Å². The lowest BCUT2D eigenvalue weighted by molar-refractivity contribution is -0.114. The summed E-state index contributed by atoms with van der Waals surface area (Å²) < 4.78 is 0. The molecule has 1 aromatic rings. The number of para-hydroxylation sites is 1. The molecule has 0 aliphatic carbocycles. The number of benzene rings is 1. The van der Waals surface area contributed by atoms with Crippen molar-refractivity contribution in [1.29, 1.82) is 0 Å². The van der Waals surface area contributed by atoms with Crippen LogP contribution in [0.5, 0.6) is 0 Å². The second-order valence-corrected chi connectivity index (χ2v) is 5.63. The Morgan fingerprint density at radius 3 is 2.46 bits per heavy atom.